The molecule has 1 aromatic carbocycles. The van der Waals surface area contributed by atoms with Crippen LogP contribution in [0.4, 0.5) is 4.79 Å². The molecule has 1 unspecified atom stereocenters. The molecule has 2 aliphatic heterocycles. The highest BCUT2D eigenvalue weighted by Crippen LogP contribution is 2.23. The largest absolute Gasteiger partial charge is 0.481 e. The zero-order chi connectivity index (χ0) is 18.0. The molecule has 3 amide bonds. The van der Waals surface area contributed by atoms with E-state index in [1.54, 1.807) is 29.2 Å². The summed E-state index contributed by atoms with van der Waals surface area (Å²) in [6, 6.07) is 6.80. The van der Waals surface area contributed by atoms with Gasteiger partial charge in [0.2, 0.25) is 5.91 Å². The molecule has 0 radical (unpaired) electrons. The van der Waals surface area contributed by atoms with Crippen molar-refractivity contribution in [1.82, 2.24) is 9.80 Å². The molecule has 1 N–H and O–H groups in total. The molecule has 2 aliphatic rings. The van der Waals surface area contributed by atoms with Crippen molar-refractivity contribution in [3.05, 3.63) is 35.4 Å². The first-order chi connectivity index (χ1) is 12.0. The summed E-state index contributed by atoms with van der Waals surface area (Å²) in [5.74, 6) is -1.71. The number of nitrogens with zero attached hydrogens (tertiary/aromatic N) is 2. The number of carbonyl (C=O) groups is 4. The van der Waals surface area contributed by atoms with Crippen molar-refractivity contribution in [2.75, 3.05) is 18.8 Å². The van der Waals surface area contributed by atoms with Gasteiger partial charge in [-0.3, -0.25) is 24.1 Å². The fraction of sp³-hybridized carbons (Fsp3) is 0.412. The van der Waals surface area contributed by atoms with Crippen LogP contribution in [0, 0.1) is 5.92 Å². The van der Waals surface area contributed by atoms with Crippen molar-refractivity contribution >= 4 is 34.8 Å². The van der Waals surface area contributed by atoms with Gasteiger partial charge in [-0.15, -0.1) is 0 Å². The number of carboxylic acid groups (broad SMARTS) is 1. The van der Waals surface area contributed by atoms with E-state index in [1.165, 1.54) is 4.90 Å². The Hall–Kier alpha value is -2.35. The quantitative estimate of drug-likeness (QED) is 0.878. The molecule has 0 spiro atoms. The van der Waals surface area contributed by atoms with Gasteiger partial charge in [0.25, 0.3) is 11.1 Å². The minimum Gasteiger partial charge on any atom is -0.481 e. The average molecular weight is 362 g/mol. The van der Waals surface area contributed by atoms with E-state index in [1.807, 2.05) is 0 Å². The number of thioether (sulfide) groups is 1. The summed E-state index contributed by atoms with van der Waals surface area (Å²) in [6.07, 6.45) is 1.24. The van der Waals surface area contributed by atoms with Crippen LogP contribution in [0.3, 0.4) is 0 Å². The van der Waals surface area contributed by atoms with E-state index >= 15 is 0 Å². The van der Waals surface area contributed by atoms with E-state index in [0.717, 1.165) is 11.8 Å². The van der Waals surface area contributed by atoms with Gasteiger partial charge >= 0.3 is 5.97 Å². The molecule has 2 heterocycles. The number of imide groups is 1. The summed E-state index contributed by atoms with van der Waals surface area (Å²) in [7, 11) is 0. The van der Waals surface area contributed by atoms with E-state index in [0.29, 0.717) is 30.5 Å². The van der Waals surface area contributed by atoms with Gasteiger partial charge in [0, 0.05) is 18.7 Å². The van der Waals surface area contributed by atoms with Gasteiger partial charge in [-0.2, -0.15) is 0 Å². The Bertz CT molecular complexity index is 720. The number of rotatable bonds is 4. The molecular formula is C17H18N2O5S. The maximum Gasteiger partial charge on any atom is 0.308 e. The average Bonchev–Trinajstić information content (AvgIpc) is 2.93. The summed E-state index contributed by atoms with van der Waals surface area (Å²) >= 11 is 0.976. The highest BCUT2D eigenvalue weighted by Gasteiger charge is 2.31. The SMILES string of the molecule is O=C(O)C1CCCN(C(=O)c2cccc(CN3C(=O)CSC3=O)c2)C1. The summed E-state index contributed by atoms with van der Waals surface area (Å²) in [4.78, 5) is 50.0. The van der Waals surface area contributed by atoms with Crippen LogP contribution in [0.25, 0.3) is 0 Å². The first-order valence-electron chi connectivity index (χ1n) is 8.04. The Labute approximate surface area is 149 Å². The van der Waals surface area contributed by atoms with Crippen molar-refractivity contribution in [1.29, 1.82) is 0 Å². The lowest BCUT2D eigenvalue weighted by Crippen LogP contribution is -2.42. The number of aliphatic carboxylic acids is 1. The van der Waals surface area contributed by atoms with Gasteiger partial charge in [0.15, 0.2) is 0 Å². The van der Waals surface area contributed by atoms with Crippen LogP contribution in [-0.4, -0.2) is 56.8 Å². The Morgan fingerprint density at radius 2 is 2.08 bits per heavy atom. The van der Waals surface area contributed by atoms with E-state index in [4.69, 9.17) is 5.11 Å². The zero-order valence-corrected chi connectivity index (χ0v) is 14.3. The second-order valence-electron chi connectivity index (χ2n) is 6.16. The third-order valence-corrected chi connectivity index (χ3v) is 5.27. The monoisotopic (exact) mass is 362 g/mol. The van der Waals surface area contributed by atoms with Gasteiger partial charge in [-0.25, -0.2) is 0 Å². The molecule has 0 aliphatic carbocycles. The van der Waals surface area contributed by atoms with Crippen molar-refractivity contribution < 1.29 is 24.3 Å². The van der Waals surface area contributed by atoms with E-state index in [9.17, 15) is 19.2 Å². The maximum atomic E-state index is 12.7. The highest BCUT2D eigenvalue weighted by molar-refractivity contribution is 8.14. The molecule has 0 aromatic heterocycles. The van der Waals surface area contributed by atoms with Crippen LogP contribution in [0.15, 0.2) is 24.3 Å². The second kappa shape index (κ2) is 7.26. The zero-order valence-electron chi connectivity index (χ0n) is 13.5. The highest BCUT2D eigenvalue weighted by atomic mass is 32.2. The first kappa shape index (κ1) is 17.5. The van der Waals surface area contributed by atoms with Crippen molar-refractivity contribution in [2.24, 2.45) is 5.92 Å². The number of piperidine rings is 1. The van der Waals surface area contributed by atoms with Crippen LogP contribution in [-0.2, 0) is 16.1 Å². The van der Waals surface area contributed by atoms with Gasteiger partial charge in [-0.05, 0) is 30.5 Å². The summed E-state index contributed by atoms with van der Waals surface area (Å²) in [6.45, 7) is 0.883. The van der Waals surface area contributed by atoms with Crippen molar-refractivity contribution in [3.63, 3.8) is 0 Å². The predicted octanol–water partition coefficient (Wildman–Crippen LogP) is 1.82. The molecular weight excluding hydrogens is 344 g/mol. The van der Waals surface area contributed by atoms with Crippen LogP contribution >= 0.6 is 11.8 Å². The van der Waals surface area contributed by atoms with E-state index in [-0.39, 0.29) is 35.9 Å². The fourth-order valence-corrected chi connectivity index (χ4v) is 3.79. The molecule has 25 heavy (non-hydrogen) atoms. The first-order valence-corrected chi connectivity index (χ1v) is 9.02. The molecule has 2 saturated heterocycles. The molecule has 3 rings (SSSR count). The summed E-state index contributed by atoms with van der Waals surface area (Å²) in [5, 5.41) is 8.88. The molecule has 7 nitrogen and oxygen atoms in total. The lowest BCUT2D eigenvalue weighted by molar-refractivity contribution is -0.143. The number of carboxylic acids is 1. The third kappa shape index (κ3) is 3.84. The van der Waals surface area contributed by atoms with Crippen LogP contribution < -0.4 is 0 Å². The Morgan fingerprint density at radius 3 is 2.76 bits per heavy atom. The molecule has 0 bridgehead atoms. The van der Waals surface area contributed by atoms with E-state index < -0.39 is 11.9 Å². The topological polar surface area (TPSA) is 95.0 Å². The van der Waals surface area contributed by atoms with Crippen LogP contribution in [0.5, 0.6) is 0 Å². The normalized spacial score (nSPS) is 20.9. The Kier molecular flexibility index (Phi) is 5.08. The summed E-state index contributed by atoms with van der Waals surface area (Å²) < 4.78 is 0. The maximum absolute atomic E-state index is 12.7. The molecule has 132 valence electrons. The number of likely N-dealkylation sites (tertiary alicyclic amines) is 1. The van der Waals surface area contributed by atoms with Crippen LogP contribution in [0.1, 0.15) is 28.8 Å². The lowest BCUT2D eigenvalue weighted by atomic mass is 9.97. The number of carbonyl (C=O) groups excluding carboxylic acids is 3. The second-order valence-corrected chi connectivity index (χ2v) is 7.09. The number of amides is 3. The molecule has 1 atom stereocenters. The standard InChI is InChI=1S/C17H18N2O5S/c20-14-10-25-17(24)19(14)8-11-3-1-4-12(7-11)15(21)18-6-2-5-13(9-18)16(22)23/h1,3-4,7,13H,2,5-6,8-10H2,(H,22,23). The van der Waals surface area contributed by atoms with Gasteiger partial charge in [-0.1, -0.05) is 23.9 Å². The lowest BCUT2D eigenvalue weighted by Gasteiger charge is -2.30. The molecule has 0 saturated carbocycles. The smallest absolute Gasteiger partial charge is 0.308 e. The number of hydrogen-bond donors (Lipinski definition) is 1. The molecule has 8 heteroatoms. The van der Waals surface area contributed by atoms with Gasteiger partial charge in [0.1, 0.15) is 0 Å². The number of benzene rings is 1. The van der Waals surface area contributed by atoms with Crippen LogP contribution in [0.2, 0.25) is 0 Å². The Morgan fingerprint density at radius 1 is 1.28 bits per heavy atom. The summed E-state index contributed by atoms with van der Waals surface area (Å²) in [5.41, 5.74) is 1.14. The minimum atomic E-state index is -0.880. The Balaban J connectivity index is 1.72. The molecule has 2 fully saturated rings. The van der Waals surface area contributed by atoms with Gasteiger partial charge < -0.3 is 10.0 Å². The van der Waals surface area contributed by atoms with Gasteiger partial charge in [0.05, 0.1) is 18.2 Å². The molecule has 1 aromatic rings. The van der Waals surface area contributed by atoms with Crippen molar-refractivity contribution in [3.8, 4) is 0 Å². The fourth-order valence-electron chi connectivity index (χ4n) is 3.06. The minimum absolute atomic E-state index is 0.142. The van der Waals surface area contributed by atoms with E-state index in [2.05, 4.69) is 0 Å². The number of hydrogen-bond acceptors (Lipinski definition) is 5. The third-order valence-electron chi connectivity index (χ3n) is 4.41. The predicted molar refractivity (Wildman–Crippen MR) is 91.1 cm³/mol. The van der Waals surface area contributed by atoms with Crippen molar-refractivity contribution in [2.45, 2.75) is 19.4 Å².